The molecule has 0 spiro atoms. The van der Waals surface area contributed by atoms with Gasteiger partial charge in [0.15, 0.2) is 0 Å². The number of likely N-dealkylation sites (N-methyl/N-ethyl adjacent to an activating group) is 1. The van der Waals surface area contributed by atoms with Crippen molar-refractivity contribution in [1.29, 1.82) is 0 Å². The molecule has 0 saturated heterocycles. The zero-order valence-corrected chi connectivity index (χ0v) is 16.7. The summed E-state index contributed by atoms with van der Waals surface area (Å²) in [6.45, 7) is 9.34. The Kier molecular flexibility index (Phi) is 6.81. The maximum atomic E-state index is 12.6. The lowest BCUT2D eigenvalue weighted by Crippen LogP contribution is -2.30. The van der Waals surface area contributed by atoms with Gasteiger partial charge in [0.25, 0.3) is 0 Å². The van der Waals surface area contributed by atoms with Crippen LogP contribution in [0, 0.1) is 13.8 Å². The number of anilines is 1. The first-order valence-electron chi connectivity index (χ1n) is 9.03. The predicted molar refractivity (Wildman–Crippen MR) is 108 cm³/mol. The molecule has 0 aromatic heterocycles. The molecule has 2 aromatic rings. The number of hydrogen-bond donors (Lipinski definition) is 1. The molecule has 0 atom stereocenters. The third kappa shape index (κ3) is 5.09. The van der Waals surface area contributed by atoms with Crippen molar-refractivity contribution in [2.24, 2.45) is 0 Å². The topological polar surface area (TPSA) is 41.6 Å². The molecular formula is C22H30N2O2. The average Bonchev–Trinajstić information content (AvgIpc) is 2.56. The van der Waals surface area contributed by atoms with E-state index >= 15 is 0 Å². The van der Waals surface area contributed by atoms with E-state index in [2.05, 4.69) is 38.2 Å². The van der Waals surface area contributed by atoms with Gasteiger partial charge >= 0.3 is 0 Å². The first-order valence-corrected chi connectivity index (χ1v) is 9.03. The highest BCUT2D eigenvalue weighted by molar-refractivity contribution is 5.93. The normalized spacial score (nSPS) is 11.1. The molecule has 1 amide bonds. The Bertz CT molecular complexity index is 769. The number of hydrogen-bond acceptors (Lipinski definition) is 3. The minimum absolute atomic E-state index is 0.00433. The van der Waals surface area contributed by atoms with Crippen LogP contribution in [-0.2, 0) is 11.3 Å². The molecule has 2 aromatic carbocycles. The summed E-state index contributed by atoms with van der Waals surface area (Å²) in [5.41, 5.74) is 5.46. The van der Waals surface area contributed by atoms with Crippen molar-refractivity contribution in [3.63, 3.8) is 0 Å². The summed E-state index contributed by atoms with van der Waals surface area (Å²) in [7, 11) is 3.62. The first-order chi connectivity index (χ1) is 12.3. The molecule has 0 fully saturated rings. The second kappa shape index (κ2) is 8.86. The van der Waals surface area contributed by atoms with E-state index in [-0.39, 0.29) is 5.91 Å². The molecule has 0 saturated carbocycles. The number of rotatable bonds is 7. The Morgan fingerprint density at radius 2 is 1.92 bits per heavy atom. The van der Waals surface area contributed by atoms with Crippen LogP contribution >= 0.6 is 0 Å². The Hall–Kier alpha value is -2.33. The third-order valence-electron chi connectivity index (χ3n) is 4.48. The number of nitrogens with one attached hydrogen (secondary N) is 1. The maximum absolute atomic E-state index is 12.6. The van der Waals surface area contributed by atoms with E-state index in [0.717, 1.165) is 22.6 Å². The van der Waals surface area contributed by atoms with Crippen molar-refractivity contribution in [2.75, 3.05) is 26.0 Å². The fourth-order valence-corrected chi connectivity index (χ4v) is 3.14. The lowest BCUT2D eigenvalue weighted by molar-refractivity contribution is -0.117. The highest BCUT2D eigenvalue weighted by Crippen LogP contribution is 2.27. The minimum Gasteiger partial charge on any atom is -0.496 e. The van der Waals surface area contributed by atoms with Crippen molar-refractivity contribution in [3.8, 4) is 5.75 Å². The van der Waals surface area contributed by atoms with E-state index in [0.29, 0.717) is 19.0 Å². The molecule has 0 bridgehead atoms. The van der Waals surface area contributed by atoms with E-state index < -0.39 is 0 Å². The molecule has 26 heavy (non-hydrogen) atoms. The van der Waals surface area contributed by atoms with Gasteiger partial charge in [-0.15, -0.1) is 0 Å². The summed E-state index contributed by atoms with van der Waals surface area (Å²) < 4.78 is 5.43. The van der Waals surface area contributed by atoms with Crippen LogP contribution in [0.5, 0.6) is 5.75 Å². The van der Waals surface area contributed by atoms with Crippen LogP contribution in [0.4, 0.5) is 5.69 Å². The molecule has 2 rings (SSSR count). The summed E-state index contributed by atoms with van der Waals surface area (Å²) in [5, 5.41) is 3.10. The van der Waals surface area contributed by atoms with E-state index in [9.17, 15) is 4.79 Å². The standard InChI is InChI=1S/C22H30N2O2/c1-15(2)19-9-7-8-17(4)22(19)23-21(25)14-24(5)13-18-12-16(3)10-11-20(18)26-6/h7-12,15H,13-14H2,1-6H3,(H,23,25). The fraction of sp³-hybridized carbons (Fsp3) is 0.409. The number of aryl methyl sites for hydroxylation is 2. The van der Waals surface area contributed by atoms with Crippen LogP contribution < -0.4 is 10.1 Å². The molecule has 4 nitrogen and oxygen atoms in total. The summed E-state index contributed by atoms with van der Waals surface area (Å²) in [5.74, 6) is 1.21. The van der Waals surface area contributed by atoms with Gasteiger partial charge in [0.2, 0.25) is 5.91 Å². The maximum Gasteiger partial charge on any atom is 0.238 e. The Morgan fingerprint density at radius 1 is 1.19 bits per heavy atom. The number of carbonyl (C=O) groups is 1. The molecule has 0 radical (unpaired) electrons. The fourth-order valence-electron chi connectivity index (χ4n) is 3.14. The van der Waals surface area contributed by atoms with Crippen LogP contribution in [0.1, 0.15) is 42.0 Å². The number of benzene rings is 2. The number of methoxy groups -OCH3 is 1. The Balaban J connectivity index is 2.06. The molecule has 140 valence electrons. The monoisotopic (exact) mass is 354 g/mol. The molecule has 4 heteroatoms. The predicted octanol–water partition coefficient (Wildman–Crippen LogP) is 4.51. The summed E-state index contributed by atoms with van der Waals surface area (Å²) in [6, 6.07) is 12.3. The van der Waals surface area contributed by atoms with E-state index in [1.807, 2.05) is 43.1 Å². The van der Waals surface area contributed by atoms with Gasteiger partial charge in [-0.25, -0.2) is 0 Å². The van der Waals surface area contributed by atoms with Gasteiger partial charge in [-0.2, -0.15) is 0 Å². The van der Waals surface area contributed by atoms with Gasteiger partial charge in [0.05, 0.1) is 13.7 Å². The summed E-state index contributed by atoms with van der Waals surface area (Å²) in [4.78, 5) is 14.6. The molecule has 0 heterocycles. The van der Waals surface area contributed by atoms with Gasteiger partial charge in [0.1, 0.15) is 5.75 Å². The van der Waals surface area contributed by atoms with Crippen molar-refractivity contribution < 1.29 is 9.53 Å². The second-order valence-corrected chi connectivity index (χ2v) is 7.23. The van der Waals surface area contributed by atoms with Gasteiger partial charge < -0.3 is 10.1 Å². The molecule has 0 aliphatic heterocycles. The number of nitrogens with zero attached hydrogens (tertiary/aromatic N) is 1. The van der Waals surface area contributed by atoms with Gasteiger partial charge in [0, 0.05) is 17.8 Å². The molecule has 0 unspecified atom stereocenters. The number of ether oxygens (including phenoxy) is 1. The molecule has 0 aliphatic rings. The van der Waals surface area contributed by atoms with E-state index in [1.54, 1.807) is 7.11 Å². The SMILES string of the molecule is COc1ccc(C)cc1CN(C)CC(=O)Nc1c(C)cccc1C(C)C. The smallest absolute Gasteiger partial charge is 0.238 e. The quantitative estimate of drug-likeness (QED) is 0.795. The van der Waals surface area contributed by atoms with Crippen molar-refractivity contribution in [2.45, 2.75) is 40.2 Å². The summed E-state index contributed by atoms with van der Waals surface area (Å²) in [6.07, 6.45) is 0. The third-order valence-corrected chi connectivity index (χ3v) is 4.48. The van der Waals surface area contributed by atoms with E-state index in [1.165, 1.54) is 11.1 Å². The zero-order valence-electron chi connectivity index (χ0n) is 16.7. The molecule has 0 aliphatic carbocycles. The largest absolute Gasteiger partial charge is 0.496 e. The van der Waals surface area contributed by atoms with Crippen LogP contribution in [0.15, 0.2) is 36.4 Å². The highest BCUT2D eigenvalue weighted by atomic mass is 16.5. The number of amides is 1. The summed E-state index contributed by atoms with van der Waals surface area (Å²) >= 11 is 0. The van der Waals surface area contributed by atoms with Gasteiger partial charge in [-0.3, -0.25) is 9.69 Å². The van der Waals surface area contributed by atoms with Gasteiger partial charge in [-0.05, 0) is 44.0 Å². The molecular weight excluding hydrogens is 324 g/mol. The Morgan fingerprint density at radius 3 is 2.58 bits per heavy atom. The number of para-hydroxylation sites is 1. The van der Waals surface area contributed by atoms with Crippen molar-refractivity contribution in [1.82, 2.24) is 4.90 Å². The number of carbonyl (C=O) groups excluding carboxylic acids is 1. The lowest BCUT2D eigenvalue weighted by atomic mass is 9.98. The average molecular weight is 354 g/mol. The van der Waals surface area contributed by atoms with Crippen LogP contribution in [-0.4, -0.2) is 31.5 Å². The molecule has 1 N–H and O–H groups in total. The lowest BCUT2D eigenvalue weighted by Gasteiger charge is -2.20. The van der Waals surface area contributed by atoms with Crippen molar-refractivity contribution >= 4 is 11.6 Å². The zero-order chi connectivity index (χ0) is 19.3. The van der Waals surface area contributed by atoms with Gasteiger partial charge in [-0.1, -0.05) is 49.7 Å². The van der Waals surface area contributed by atoms with Crippen molar-refractivity contribution in [3.05, 3.63) is 58.7 Å². The first kappa shape index (κ1) is 20.0. The van der Waals surface area contributed by atoms with Crippen LogP contribution in [0.2, 0.25) is 0 Å². The second-order valence-electron chi connectivity index (χ2n) is 7.23. The van der Waals surface area contributed by atoms with Crippen LogP contribution in [0.3, 0.4) is 0 Å². The minimum atomic E-state index is -0.00433. The highest BCUT2D eigenvalue weighted by Gasteiger charge is 2.14. The van der Waals surface area contributed by atoms with Crippen LogP contribution in [0.25, 0.3) is 0 Å². The Labute approximate surface area is 157 Å². The van der Waals surface area contributed by atoms with E-state index in [4.69, 9.17) is 4.74 Å².